The molecule has 0 saturated heterocycles. The molecule has 1 N–H and O–H groups in total. The largest absolute Gasteiger partial charge is 0.371 e. The third kappa shape index (κ3) is 1.46. The van der Waals surface area contributed by atoms with Gasteiger partial charge in [0.05, 0.1) is 0 Å². The maximum atomic E-state index is 9.74. The summed E-state index contributed by atoms with van der Waals surface area (Å²) in [5, 5.41) is 18.5. The summed E-state index contributed by atoms with van der Waals surface area (Å²) in [6, 6.07) is 10.9. The fraction of sp³-hybridized carbons (Fsp3) is 0.300. The van der Waals surface area contributed by atoms with E-state index in [1.807, 2.05) is 24.3 Å². The van der Waals surface area contributed by atoms with Crippen LogP contribution in [0.5, 0.6) is 0 Å². The van der Waals surface area contributed by atoms with Crippen LogP contribution in [0.15, 0.2) is 30.3 Å². The first kappa shape index (κ1) is 8.76. The zero-order valence-corrected chi connectivity index (χ0v) is 6.99. The predicted molar refractivity (Wildman–Crippen MR) is 46.2 cm³/mol. The van der Waals surface area contributed by atoms with Gasteiger partial charge in [0.1, 0.15) is 6.07 Å². The van der Waals surface area contributed by atoms with Gasteiger partial charge < -0.3 is 5.11 Å². The molecule has 0 saturated carbocycles. The standard InChI is InChI=1S/C10H11NO/c1-2-10(12,8-11)9-6-4-3-5-7-9/h3-7,12H,2H2,1H3/t10-/m0/s1. The minimum atomic E-state index is -1.32. The molecule has 0 heterocycles. The Morgan fingerprint density at radius 2 is 2.00 bits per heavy atom. The van der Waals surface area contributed by atoms with Gasteiger partial charge in [-0.2, -0.15) is 5.26 Å². The van der Waals surface area contributed by atoms with E-state index in [4.69, 9.17) is 5.26 Å². The van der Waals surface area contributed by atoms with Crippen LogP contribution in [-0.2, 0) is 5.60 Å². The average Bonchev–Trinajstić information content (AvgIpc) is 2.18. The molecule has 0 aliphatic carbocycles. The molecule has 1 aromatic rings. The number of hydrogen-bond donors (Lipinski definition) is 1. The van der Waals surface area contributed by atoms with E-state index in [0.29, 0.717) is 12.0 Å². The molecule has 62 valence electrons. The number of hydrogen-bond acceptors (Lipinski definition) is 2. The smallest absolute Gasteiger partial charge is 0.176 e. The molecule has 0 spiro atoms. The van der Waals surface area contributed by atoms with Gasteiger partial charge in [-0.1, -0.05) is 37.3 Å². The summed E-state index contributed by atoms with van der Waals surface area (Å²) in [5.74, 6) is 0. The molecule has 2 heteroatoms. The first-order chi connectivity index (χ1) is 5.73. The monoisotopic (exact) mass is 161 g/mol. The fourth-order valence-corrected chi connectivity index (χ4v) is 1.06. The number of nitrogens with zero attached hydrogens (tertiary/aromatic N) is 1. The highest BCUT2D eigenvalue weighted by Crippen LogP contribution is 2.22. The normalized spacial score (nSPS) is 14.8. The van der Waals surface area contributed by atoms with Gasteiger partial charge in [-0.25, -0.2) is 0 Å². The van der Waals surface area contributed by atoms with Crippen LogP contribution in [0.4, 0.5) is 0 Å². The van der Waals surface area contributed by atoms with Crippen LogP contribution in [0.25, 0.3) is 0 Å². The molecule has 0 radical (unpaired) electrons. The molecule has 12 heavy (non-hydrogen) atoms. The van der Waals surface area contributed by atoms with Crippen LogP contribution >= 0.6 is 0 Å². The molecule has 0 unspecified atom stereocenters. The first-order valence-electron chi connectivity index (χ1n) is 3.92. The van der Waals surface area contributed by atoms with E-state index < -0.39 is 5.60 Å². The summed E-state index contributed by atoms with van der Waals surface area (Å²) >= 11 is 0. The zero-order valence-electron chi connectivity index (χ0n) is 6.99. The van der Waals surface area contributed by atoms with Crippen molar-refractivity contribution in [2.45, 2.75) is 18.9 Å². The number of benzene rings is 1. The lowest BCUT2D eigenvalue weighted by Gasteiger charge is -2.17. The molecule has 0 fully saturated rings. The highest BCUT2D eigenvalue weighted by atomic mass is 16.3. The summed E-state index contributed by atoms with van der Waals surface area (Å²) in [5.41, 5.74) is -0.656. The molecule has 0 aliphatic rings. The second kappa shape index (κ2) is 3.38. The Hall–Kier alpha value is -1.33. The van der Waals surface area contributed by atoms with Gasteiger partial charge >= 0.3 is 0 Å². The molecule has 0 bridgehead atoms. The summed E-state index contributed by atoms with van der Waals surface area (Å²) in [6.45, 7) is 1.79. The van der Waals surface area contributed by atoms with E-state index >= 15 is 0 Å². The Morgan fingerprint density at radius 3 is 2.42 bits per heavy atom. The van der Waals surface area contributed by atoms with Crippen LogP contribution in [0.3, 0.4) is 0 Å². The van der Waals surface area contributed by atoms with E-state index in [9.17, 15) is 5.11 Å². The summed E-state index contributed by atoms with van der Waals surface area (Å²) < 4.78 is 0. The van der Waals surface area contributed by atoms with Gasteiger partial charge in [-0.3, -0.25) is 0 Å². The lowest BCUT2D eigenvalue weighted by atomic mass is 9.93. The molecule has 1 atom stereocenters. The Morgan fingerprint density at radius 1 is 1.42 bits per heavy atom. The quantitative estimate of drug-likeness (QED) is 0.672. The van der Waals surface area contributed by atoms with Crippen molar-refractivity contribution in [2.24, 2.45) is 0 Å². The second-order valence-electron chi connectivity index (χ2n) is 2.69. The third-order valence-corrected chi connectivity index (χ3v) is 1.95. The van der Waals surface area contributed by atoms with Gasteiger partial charge in [0.2, 0.25) is 0 Å². The second-order valence-corrected chi connectivity index (χ2v) is 2.69. The Balaban J connectivity index is 3.06. The van der Waals surface area contributed by atoms with Gasteiger partial charge in [-0.15, -0.1) is 0 Å². The fourth-order valence-electron chi connectivity index (χ4n) is 1.06. The molecule has 0 aliphatic heterocycles. The van der Waals surface area contributed by atoms with Crippen LogP contribution in [0, 0.1) is 11.3 Å². The zero-order chi connectivity index (χ0) is 9.03. The summed E-state index contributed by atoms with van der Waals surface area (Å²) in [6.07, 6.45) is 0.410. The van der Waals surface area contributed by atoms with Gasteiger partial charge in [0, 0.05) is 0 Å². The Kier molecular flexibility index (Phi) is 2.47. The van der Waals surface area contributed by atoms with E-state index in [1.165, 1.54) is 0 Å². The van der Waals surface area contributed by atoms with Crippen molar-refractivity contribution in [1.82, 2.24) is 0 Å². The van der Waals surface area contributed by atoms with Crippen LogP contribution in [0.1, 0.15) is 18.9 Å². The maximum Gasteiger partial charge on any atom is 0.176 e. The predicted octanol–water partition coefficient (Wildman–Crippen LogP) is 1.81. The Bertz CT molecular complexity index is 288. The average molecular weight is 161 g/mol. The summed E-state index contributed by atoms with van der Waals surface area (Å²) in [7, 11) is 0. The molecule has 0 aromatic heterocycles. The molecule has 1 aromatic carbocycles. The van der Waals surface area contributed by atoms with Crippen LogP contribution in [-0.4, -0.2) is 5.11 Å². The van der Waals surface area contributed by atoms with Crippen molar-refractivity contribution in [2.75, 3.05) is 0 Å². The lowest BCUT2D eigenvalue weighted by Crippen LogP contribution is -2.21. The number of nitriles is 1. The lowest BCUT2D eigenvalue weighted by molar-refractivity contribution is 0.0935. The van der Waals surface area contributed by atoms with Crippen molar-refractivity contribution >= 4 is 0 Å². The third-order valence-electron chi connectivity index (χ3n) is 1.95. The molecule has 2 nitrogen and oxygen atoms in total. The minimum Gasteiger partial charge on any atom is -0.371 e. The molecular weight excluding hydrogens is 150 g/mol. The van der Waals surface area contributed by atoms with E-state index in [-0.39, 0.29) is 0 Å². The minimum absolute atomic E-state index is 0.410. The van der Waals surface area contributed by atoms with Gasteiger partial charge in [0.25, 0.3) is 0 Å². The highest BCUT2D eigenvalue weighted by molar-refractivity contribution is 5.27. The van der Waals surface area contributed by atoms with Crippen molar-refractivity contribution in [1.29, 1.82) is 5.26 Å². The van der Waals surface area contributed by atoms with E-state index in [2.05, 4.69) is 0 Å². The highest BCUT2D eigenvalue weighted by Gasteiger charge is 2.25. The van der Waals surface area contributed by atoms with Crippen molar-refractivity contribution in [3.8, 4) is 6.07 Å². The molecular formula is C10H11NO. The van der Waals surface area contributed by atoms with E-state index in [0.717, 1.165) is 0 Å². The van der Waals surface area contributed by atoms with Crippen molar-refractivity contribution in [3.63, 3.8) is 0 Å². The molecule has 0 amide bonds. The van der Waals surface area contributed by atoms with Crippen molar-refractivity contribution in [3.05, 3.63) is 35.9 Å². The van der Waals surface area contributed by atoms with Crippen molar-refractivity contribution < 1.29 is 5.11 Å². The first-order valence-corrected chi connectivity index (χ1v) is 3.92. The SMILES string of the molecule is CC[C@](O)(C#N)c1ccccc1. The van der Waals surface area contributed by atoms with Crippen LogP contribution in [0.2, 0.25) is 0 Å². The summed E-state index contributed by atoms with van der Waals surface area (Å²) in [4.78, 5) is 0. The van der Waals surface area contributed by atoms with E-state index in [1.54, 1.807) is 19.1 Å². The maximum absolute atomic E-state index is 9.74. The van der Waals surface area contributed by atoms with Gasteiger partial charge in [0.15, 0.2) is 5.60 Å². The topological polar surface area (TPSA) is 44.0 Å². The van der Waals surface area contributed by atoms with Gasteiger partial charge in [-0.05, 0) is 12.0 Å². The Labute approximate surface area is 72.1 Å². The molecule has 1 rings (SSSR count). The number of aliphatic hydroxyl groups is 1. The van der Waals surface area contributed by atoms with Crippen LogP contribution < -0.4 is 0 Å². The number of rotatable bonds is 2.